The summed E-state index contributed by atoms with van der Waals surface area (Å²) in [5.74, 6) is 0.815. The molecule has 3 aromatic rings. The van der Waals surface area contributed by atoms with Crippen LogP contribution in [0, 0.1) is 0 Å². The molecular weight excluding hydrogens is 266 g/mol. The first-order valence-electron chi connectivity index (χ1n) is 6.97. The average molecular weight is 285 g/mol. The lowest BCUT2D eigenvalue weighted by molar-refractivity contribution is 0.366. The van der Waals surface area contributed by atoms with Gasteiger partial charge in [0.2, 0.25) is 0 Å². The van der Waals surface area contributed by atoms with E-state index in [9.17, 15) is 0 Å². The molecule has 0 aromatic carbocycles. The maximum absolute atomic E-state index is 4.44. The molecule has 0 saturated carbocycles. The fourth-order valence-electron chi connectivity index (χ4n) is 2.22. The van der Waals surface area contributed by atoms with Crippen LogP contribution >= 0.6 is 0 Å². The molecule has 21 heavy (non-hydrogen) atoms. The van der Waals surface area contributed by atoms with E-state index < -0.39 is 0 Å². The van der Waals surface area contributed by atoms with Crippen molar-refractivity contribution >= 4 is 16.9 Å². The Kier molecular flexibility index (Phi) is 3.32. The number of nitrogens with one attached hydrogen (secondary N) is 2. The van der Waals surface area contributed by atoms with Crippen molar-refractivity contribution in [2.75, 3.05) is 11.9 Å². The van der Waals surface area contributed by atoms with Crippen molar-refractivity contribution in [2.45, 2.75) is 32.7 Å². The van der Waals surface area contributed by atoms with Gasteiger partial charge in [-0.3, -0.25) is 5.10 Å². The molecular formula is C14H19N7. The maximum Gasteiger partial charge on any atom is 0.163 e. The van der Waals surface area contributed by atoms with Crippen molar-refractivity contribution in [3.63, 3.8) is 0 Å². The number of aromatic nitrogens is 6. The third kappa shape index (κ3) is 2.72. The molecule has 3 heterocycles. The highest BCUT2D eigenvalue weighted by atomic mass is 15.3. The van der Waals surface area contributed by atoms with Gasteiger partial charge in [0, 0.05) is 24.9 Å². The van der Waals surface area contributed by atoms with Crippen LogP contribution in [0.5, 0.6) is 0 Å². The van der Waals surface area contributed by atoms with Crippen LogP contribution in [0.4, 0.5) is 5.82 Å². The van der Waals surface area contributed by atoms with Gasteiger partial charge in [-0.2, -0.15) is 10.2 Å². The Hall–Kier alpha value is -2.44. The molecule has 2 N–H and O–H groups in total. The first-order valence-corrected chi connectivity index (χ1v) is 6.97. The summed E-state index contributed by atoms with van der Waals surface area (Å²) in [4.78, 5) is 8.68. The summed E-state index contributed by atoms with van der Waals surface area (Å²) >= 11 is 0. The normalized spacial score (nSPS) is 12.0. The highest BCUT2D eigenvalue weighted by molar-refractivity contribution is 5.86. The fraction of sp³-hybridized carbons (Fsp3) is 0.429. The van der Waals surface area contributed by atoms with Crippen molar-refractivity contribution in [2.24, 2.45) is 0 Å². The molecule has 0 spiro atoms. The molecule has 3 aromatic heterocycles. The predicted octanol–water partition coefficient (Wildman–Crippen LogP) is 1.96. The summed E-state index contributed by atoms with van der Waals surface area (Å²) in [6, 6.07) is 1.97. The molecule has 0 saturated heterocycles. The lowest BCUT2D eigenvalue weighted by Gasteiger charge is -2.19. The standard InChI is InChI=1S/C14H19N7/c1-14(2,3)21-13-11(8-19-21)12(16-9-17-13)15-6-4-10-5-7-18-20-10/h5,7-9H,4,6H2,1-3H3,(H,18,20)(H,15,16,17). The number of H-pyrrole nitrogens is 1. The molecule has 7 nitrogen and oxygen atoms in total. The van der Waals surface area contributed by atoms with Gasteiger partial charge < -0.3 is 5.32 Å². The van der Waals surface area contributed by atoms with Gasteiger partial charge in [-0.15, -0.1) is 0 Å². The zero-order valence-corrected chi connectivity index (χ0v) is 12.5. The number of nitrogens with zero attached hydrogens (tertiary/aromatic N) is 5. The third-order valence-corrected chi connectivity index (χ3v) is 3.25. The van der Waals surface area contributed by atoms with Gasteiger partial charge >= 0.3 is 0 Å². The quantitative estimate of drug-likeness (QED) is 0.765. The van der Waals surface area contributed by atoms with E-state index in [0.717, 1.165) is 35.5 Å². The van der Waals surface area contributed by atoms with E-state index in [1.54, 1.807) is 12.5 Å². The van der Waals surface area contributed by atoms with Crippen LogP contribution in [-0.2, 0) is 12.0 Å². The molecule has 3 rings (SSSR count). The Bertz CT molecular complexity index is 721. The van der Waals surface area contributed by atoms with Gasteiger partial charge in [-0.1, -0.05) is 0 Å². The topological polar surface area (TPSA) is 84.3 Å². The van der Waals surface area contributed by atoms with Crippen LogP contribution < -0.4 is 5.32 Å². The lowest BCUT2D eigenvalue weighted by atomic mass is 10.1. The highest BCUT2D eigenvalue weighted by Crippen LogP contribution is 2.23. The van der Waals surface area contributed by atoms with Crippen molar-refractivity contribution < 1.29 is 0 Å². The molecule has 0 fully saturated rings. The smallest absolute Gasteiger partial charge is 0.163 e. The minimum atomic E-state index is -0.108. The van der Waals surface area contributed by atoms with Crippen molar-refractivity contribution in [1.82, 2.24) is 29.9 Å². The van der Waals surface area contributed by atoms with Crippen molar-refractivity contribution in [3.05, 3.63) is 30.5 Å². The Morgan fingerprint density at radius 3 is 2.86 bits per heavy atom. The Morgan fingerprint density at radius 1 is 1.29 bits per heavy atom. The van der Waals surface area contributed by atoms with E-state index in [0.29, 0.717) is 0 Å². The molecule has 0 aliphatic carbocycles. The summed E-state index contributed by atoms with van der Waals surface area (Å²) in [6.45, 7) is 7.08. The second-order valence-corrected chi connectivity index (χ2v) is 5.95. The van der Waals surface area contributed by atoms with Crippen LogP contribution in [-0.4, -0.2) is 36.5 Å². The Labute approximate surface area is 122 Å². The monoisotopic (exact) mass is 285 g/mol. The molecule has 0 radical (unpaired) electrons. The van der Waals surface area contributed by atoms with E-state index in [1.165, 1.54) is 0 Å². The van der Waals surface area contributed by atoms with Crippen molar-refractivity contribution in [3.8, 4) is 0 Å². The highest BCUT2D eigenvalue weighted by Gasteiger charge is 2.19. The van der Waals surface area contributed by atoms with Gasteiger partial charge in [-0.25, -0.2) is 14.6 Å². The largest absolute Gasteiger partial charge is 0.369 e. The molecule has 0 aliphatic rings. The molecule has 0 unspecified atom stereocenters. The van der Waals surface area contributed by atoms with Gasteiger partial charge in [0.25, 0.3) is 0 Å². The average Bonchev–Trinajstić information content (AvgIpc) is 3.06. The molecule has 7 heteroatoms. The minimum Gasteiger partial charge on any atom is -0.369 e. The van der Waals surface area contributed by atoms with Gasteiger partial charge in [0.05, 0.1) is 17.1 Å². The van der Waals surface area contributed by atoms with Crippen LogP contribution in [0.25, 0.3) is 11.0 Å². The van der Waals surface area contributed by atoms with E-state index in [1.807, 2.05) is 16.9 Å². The number of hydrogen-bond donors (Lipinski definition) is 2. The predicted molar refractivity (Wildman–Crippen MR) is 81.1 cm³/mol. The van der Waals surface area contributed by atoms with E-state index >= 15 is 0 Å². The summed E-state index contributed by atoms with van der Waals surface area (Å²) in [7, 11) is 0. The van der Waals surface area contributed by atoms with Crippen LogP contribution in [0.2, 0.25) is 0 Å². The number of aromatic amines is 1. The number of anilines is 1. The lowest BCUT2D eigenvalue weighted by Crippen LogP contribution is -2.23. The zero-order valence-electron chi connectivity index (χ0n) is 12.5. The molecule has 0 amide bonds. The minimum absolute atomic E-state index is 0.108. The van der Waals surface area contributed by atoms with Crippen LogP contribution in [0.3, 0.4) is 0 Å². The third-order valence-electron chi connectivity index (χ3n) is 3.25. The van der Waals surface area contributed by atoms with Gasteiger partial charge in [0.1, 0.15) is 12.1 Å². The summed E-state index contributed by atoms with van der Waals surface area (Å²) in [5, 5.41) is 15.6. The molecule has 0 aliphatic heterocycles. The molecule has 0 bridgehead atoms. The fourth-order valence-corrected chi connectivity index (χ4v) is 2.22. The van der Waals surface area contributed by atoms with Crippen LogP contribution in [0.1, 0.15) is 26.5 Å². The molecule has 110 valence electrons. The zero-order chi connectivity index (χ0) is 14.9. The first-order chi connectivity index (χ1) is 10.1. The molecule has 0 atom stereocenters. The summed E-state index contributed by atoms with van der Waals surface area (Å²) in [5.41, 5.74) is 1.84. The number of rotatable bonds is 4. The van der Waals surface area contributed by atoms with Gasteiger partial charge in [-0.05, 0) is 26.8 Å². The first kappa shape index (κ1) is 13.5. The Balaban J connectivity index is 1.81. The van der Waals surface area contributed by atoms with Gasteiger partial charge in [0.15, 0.2) is 5.65 Å². The van der Waals surface area contributed by atoms with E-state index in [-0.39, 0.29) is 5.54 Å². The second-order valence-electron chi connectivity index (χ2n) is 5.95. The van der Waals surface area contributed by atoms with Crippen LogP contribution in [0.15, 0.2) is 24.8 Å². The Morgan fingerprint density at radius 2 is 2.14 bits per heavy atom. The summed E-state index contributed by atoms with van der Waals surface area (Å²) in [6.07, 6.45) is 6.01. The SMILES string of the molecule is CC(C)(C)n1ncc2c(NCCc3ccn[nH]3)ncnc21. The maximum atomic E-state index is 4.44. The number of hydrogen-bond acceptors (Lipinski definition) is 5. The summed E-state index contributed by atoms with van der Waals surface area (Å²) < 4.78 is 1.92. The number of fused-ring (bicyclic) bond motifs is 1. The van der Waals surface area contributed by atoms with E-state index in [4.69, 9.17) is 0 Å². The van der Waals surface area contributed by atoms with Crippen molar-refractivity contribution in [1.29, 1.82) is 0 Å². The van der Waals surface area contributed by atoms with E-state index in [2.05, 4.69) is 51.4 Å². The second kappa shape index (κ2) is 5.16.